The first kappa shape index (κ1) is 18.6. The molecule has 0 spiro atoms. The van der Waals surface area contributed by atoms with Crippen LogP contribution < -0.4 is 10.6 Å². The van der Waals surface area contributed by atoms with Crippen LogP contribution in [0.1, 0.15) is 48.4 Å². The number of aromatic nitrogens is 2. The fraction of sp³-hybridized carbons (Fsp3) is 0.412. The Morgan fingerprint density at radius 1 is 1.35 bits per heavy atom. The third kappa shape index (κ3) is 3.80. The maximum absolute atomic E-state index is 13.6. The molecule has 1 aromatic heterocycles. The van der Waals surface area contributed by atoms with Crippen molar-refractivity contribution in [2.45, 2.75) is 44.6 Å². The lowest BCUT2D eigenvalue weighted by Gasteiger charge is -2.33. The van der Waals surface area contributed by atoms with Crippen LogP contribution in [0.25, 0.3) is 0 Å². The Labute approximate surface area is 153 Å². The van der Waals surface area contributed by atoms with Gasteiger partial charge < -0.3 is 10.6 Å². The van der Waals surface area contributed by atoms with Crippen LogP contribution >= 0.6 is 11.6 Å². The second kappa shape index (κ2) is 6.83. The lowest BCUT2D eigenvalue weighted by Crippen LogP contribution is -2.36. The van der Waals surface area contributed by atoms with Crippen LogP contribution in [-0.4, -0.2) is 27.9 Å². The summed E-state index contributed by atoms with van der Waals surface area (Å²) in [5.74, 6) is -0.347. The third-order valence-corrected chi connectivity index (χ3v) is 4.37. The van der Waals surface area contributed by atoms with Gasteiger partial charge in [-0.1, -0.05) is 23.7 Å². The van der Waals surface area contributed by atoms with E-state index < -0.39 is 24.2 Å². The number of anilines is 1. The van der Waals surface area contributed by atoms with Crippen molar-refractivity contribution >= 4 is 23.3 Å². The van der Waals surface area contributed by atoms with Crippen molar-refractivity contribution in [3.63, 3.8) is 0 Å². The maximum atomic E-state index is 13.6. The average molecular weight is 387 g/mol. The van der Waals surface area contributed by atoms with E-state index >= 15 is 0 Å². The molecular weight excluding hydrogens is 369 g/mol. The molecule has 0 saturated heterocycles. The molecule has 5 nitrogen and oxygen atoms in total. The molecule has 1 aliphatic heterocycles. The molecule has 1 aromatic carbocycles. The van der Waals surface area contributed by atoms with Crippen molar-refractivity contribution < 1.29 is 18.0 Å². The Bertz CT molecular complexity index is 801. The van der Waals surface area contributed by atoms with Crippen molar-refractivity contribution in [3.05, 3.63) is 46.6 Å². The molecule has 0 saturated carbocycles. The zero-order valence-electron chi connectivity index (χ0n) is 14.1. The van der Waals surface area contributed by atoms with Crippen molar-refractivity contribution in [1.29, 1.82) is 0 Å². The number of nitrogens with zero attached hydrogens (tertiary/aromatic N) is 2. The maximum Gasteiger partial charge on any atom is 0.410 e. The number of nitrogens with one attached hydrogen (secondary N) is 2. The van der Waals surface area contributed by atoms with E-state index in [4.69, 9.17) is 11.6 Å². The molecule has 1 aliphatic rings. The van der Waals surface area contributed by atoms with Crippen molar-refractivity contribution in [3.8, 4) is 0 Å². The van der Waals surface area contributed by atoms with Gasteiger partial charge >= 0.3 is 6.18 Å². The summed E-state index contributed by atoms with van der Waals surface area (Å²) in [7, 11) is 0. The Kier molecular flexibility index (Phi) is 4.88. The number of hydrogen-bond donors (Lipinski definition) is 2. The average Bonchev–Trinajstić information content (AvgIpc) is 2.97. The summed E-state index contributed by atoms with van der Waals surface area (Å²) >= 11 is 5.85. The van der Waals surface area contributed by atoms with E-state index in [1.54, 1.807) is 38.1 Å². The minimum absolute atomic E-state index is 0.0489. The number of carbonyl (C=O) groups is 1. The van der Waals surface area contributed by atoms with Gasteiger partial charge in [0.1, 0.15) is 5.82 Å². The van der Waals surface area contributed by atoms with Crippen LogP contribution in [0.5, 0.6) is 0 Å². The van der Waals surface area contributed by atoms with E-state index in [1.165, 1.54) is 6.07 Å². The predicted molar refractivity (Wildman–Crippen MR) is 92.4 cm³/mol. The lowest BCUT2D eigenvalue weighted by molar-refractivity contribution is -0.173. The zero-order valence-corrected chi connectivity index (χ0v) is 14.9. The van der Waals surface area contributed by atoms with Gasteiger partial charge in [-0.3, -0.25) is 4.79 Å². The molecule has 26 heavy (non-hydrogen) atoms. The van der Waals surface area contributed by atoms with E-state index in [1.807, 2.05) is 0 Å². The van der Waals surface area contributed by atoms with Gasteiger partial charge in [-0.15, -0.1) is 0 Å². The fourth-order valence-electron chi connectivity index (χ4n) is 2.93. The number of hydrogen-bond acceptors (Lipinski definition) is 3. The van der Waals surface area contributed by atoms with Gasteiger partial charge in [-0.2, -0.15) is 18.3 Å². The molecule has 0 radical (unpaired) electrons. The van der Waals surface area contributed by atoms with Crippen molar-refractivity contribution in [2.75, 3.05) is 5.32 Å². The first-order chi connectivity index (χ1) is 12.1. The molecule has 0 unspecified atom stereocenters. The van der Waals surface area contributed by atoms with Gasteiger partial charge in [0.2, 0.25) is 0 Å². The fourth-order valence-corrected chi connectivity index (χ4v) is 3.06. The number of fused-ring (bicyclic) bond motifs is 1. The normalized spacial score (nSPS) is 19.8. The van der Waals surface area contributed by atoms with Crippen LogP contribution in [-0.2, 0) is 0 Å². The standard InChI is InChI=1S/C17H18ClF3N4O/c1-9(2)22-16(26)13-8-15-23-12(10-3-5-11(18)6-4-10)7-14(17(19,20)21)25(15)24-13/h3-6,8-9,12,14,23H,7H2,1-2H3,(H,22,26)/t12-,14+/m0/s1. The van der Waals surface area contributed by atoms with E-state index in [-0.39, 0.29) is 24.0 Å². The topological polar surface area (TPSA) is 59.0 Å². The molecule has 0 fully saturated rings. The number of alkyl halides is 3. The quantitative estimate of drug-likeness (QED) is 0.825. The first-order valence-electron chi connectivity index (χ1n) is 8.14. The van der Waals surface area contributed by atoms with Gasteiger partial charge in [0.15, 0.2) is 11.7 Å². The van der Waals surface area contributed by atoms with Crippen LogP contribution in [0.2, 0.25) is 5.02 Å². The molecule has 3 rings (SSSR count). The van der Waals surface area contributed by atoms with E-state index in [9.17, 15) is 18.0 Å². The Morgan fingerprint density at radius 3 is 2.58 bits per heavy atom. The summed E-state index contributed by atoms with van der Waals surface area (Å²) in [6.45, 7) is 3.53. The second-order valence-corrected chi connectivity index (χ2v) is 6.97. The van der Waals surface area contributed by atoms with Crippen LogP contribution in [0, 0.1) is 0 Å². The van der Waals surface area contributed by atoms with Crippen LogP contribution in [0.3, 0.4) is 0 Å². The number of benzene rings is 1. The summed E-state index contributed by atoms with van der Waals surface area (Å²) in [4.78, 5) is 12.1. The Hall–Kier alpha value is -2.22. The molecule has 2 atom stereocenters. The highest BCUT2D eigenvalue weighted by Crippen LogP contribution is 2.43. The molecule has 1 amide bonds. The molecule has 9 heteroatoms. The van der Waals surface area contributed by atoms with Crippen molar-refractivity contribution in [2.24, 2.45) is 0 Å². The van der Waals surface area contributed by atoms with Crippen molar-refractivity contribution in [1.82, 2.24) is 15.1 Å². The second-order valence-electron chi connectivity index (χ2n) is 6.53. The summed E-state index contributed by atoms with van der Waals surface area (Å²) in [5, 5.41) is 10.1. The summed E-state index contributed by atoms with van der Waals surface area (Å²) in [6.07, 6.45) is -4.72. The largest absolute Gasteiger partial charge is 0.410 e. The molecule has 0 aliphatic carbocycles. The number of halogens is 4. The molecular formula is C17H18ClF3N4O. The van der Waals surface area contributed by atoms with Gasteiger partial charge in [-0.05, 0) is 31.5 Å². The molecule has 140 valence electrons. The first-order valence-corrected chi connectivity index (χ1v) is 8.52. The summed E-state index contributed by atoms with van der Waals surface area (Å²) < 4.78 is 41.6. The molecule has 0 bridgehead atoms. The van der Waals surface area contributed by atoms with Crippen LogP contribution in [0.4, 0.5) is 19.0 Å². The van der Waals surface area contributed by atoms with Crippen LogP contribution in [0.15, 0.2) is 30.3 Å². The number of rotatable bonds is 3. The minimum Gasteiger partial charge on any atom is -0.363 e. The SMILES string of the molecule is CC(C)NC(=O)c1cc2n(n1)[C@@H](C(F)(F)F)C[C@@H](c1ccc(Cl)cc1)N2. The third-order valence-electron chi connectivity index (χ3n) is 4.11. The Balaban J connectivity index is 1.96. The lowest BCUT2D eigenvalue weighted by atomic mass is 9.97. The van der Waals surface area contributed by atoms with E-state index in [0.29, 0.717) is 10.6 Å². The molecule has 2 heterocycles. The Morgan fingerprint density at radius 2 is 2.00 bits per heavy atom. The summed E-state index contributed by atoms with van der Waals surface area (Å²) in [5.41, 5.74) is 0.636. The highest BCUT2D eigenvalue weighted by Gasteiger charge is 2.46. The number of carbonyl (C=O) groups excluding carboxylic acids is 1. The predicted octanol–water partition coefficient (Wildman–Crippen LogP) is 4.34. The molecule has 2 aromatic rings. The van der Waals surface area contributed by atoms with Gasteiger partial charge in [0.25, 0.3) is 5.91 Å². The monoisotopic (exact) mass is 386 g/mol. The zero-order chi connectivity index (χ0) is 19.1. The summed E-state index contributed by atoms with van der Waals surface area (Å²) in [6, 6.07) is 5.46. The minimum atomic E-state index is -4.49. The smallest absolute Gasteiger partial charge is 0.363 e. The van der Waals surface area contributed by atoms with Gasteiger partial charge in [-0.25, -0.2) is 4.68 Å². The highest BCUT2D eigenvalue weighted by atomic mass is 35.5. The van der Waals surface area contributed by atoms with E-state index in [2.05, 4.69) is 15.7 Å². The highest BCUT2D eigenvalue weighted by molar-refractivity contribution is 6.30. The van der Waals surface area contributed by atoms with Gasteiger partial charge in [0.05, 0.1) is 6.04 Å². The van der Waals surface area contributed by atoms with Gasteiger partial charge in [0, 0.05) is 23.6 Å². The number of amides is 1. The molecule has 2 N–H and O–H groups in total. The van der Waals surface area contributed by atoms with E-state index in [0.717, 1.165) is 4.68 Å².